The lowest BCUT2D eigenvalue weighted by molar-refractivity contribution is -0.117. The topological polar surface area (TPSA) is 106 Å². The van der Waals surface area contributed by atoms with Crippen LogP contribution in [0.25, 0.3) is 0 Å². The van der Waals surface area contributed by atoms with Gasteiger partial charge in [-0.15, -0.1) is 0 Å². The highest BCUT2D eigenvalue weighted by Crippen LogP contribution is 2.24. The smallest absolute Gasteiger partial charge is 0.322 e. The lowest BCUT2D eigenvalue weighted by atomic mass is 10.2. The van der Waals surface area contributed by atoms with E-state index in [1.54, 1.807) is 25.1 Å². The van der Waals surface area contributed by atoms with E-state index >= 15 is 0 Å². The standard InChI is InChI=1S/C20H26N4O5/c1-3-27-17-9-5-4-8-16(17)21-20(26)24(12-15-7-6-10-28-15)13-19(25)22-18-11-14(2)29-23-18/h4-5,8-9,11,15H,3,6-7,10,12-13H2,1-2H3,(H,21,26)(H,22,23,25). The molecular weight excluding hydrogens is 376 g/mol. The second-order valence-corrected chi connectivity index (χ2v) is 6.75. The molecule has 1 aliphatic rings. The molecule has 29 heavy (non-hydrogen) atoms. The molecular formula is C20H26N4O5. The number of hydrogen-bond donors (Lipinski definition) is 2. The number of rotatable bonds is 8. The van der Waals surface area contributed by atoms with Crippen LogP contribution in [0, 0.1) is 6.92 Å². The van der Waals surface area contributed by atoms with Crippen molar-refractivity contribution >= 4 is 23.4 Å². The Hall–Kier alpha value is -3.07. The predicted octanol–water partition coefficient (Wildman–Crippen LogP) is 3.03. The molecule has 3 amide bonds. The van der Waals surface area contributed by atoms with Gasteiger partial charge in [0, 0.05) is 19.2 Å². The molecule has 1 unspecified atom stereocenters. The monoisotopic (exact) mass is 402 g/mol. The fraction of sp³-hybridized carbons (Fsp3) is 0.450. The van der Waals surface area contributed by atoms with Crippen molar-refractivity contribution in [3.63, 3.8) is 0 Å². The molecule has 1 aromatic heterocycles. The van der Waals surface area contributed by atoms with Crippen LogP contribution in [-0.2, 0) is 9.53 Å². The number of para-hydroxylation sites is 2. The molecule has 0 spiro atoms. The van der Waals surface area contributed by atoms with E-state index in [1.807, 2.05) is 19.1 Å². The molecule has 156 valence electrons. The number of amides is 3. The minimum atomic E-state index is -0.404. The number of nitrogens with zero attached hydrogens (tertiary/aromatic N) is 2. The fourth-order valence-electron chi connectivity index (χ4n) is 3.08. The average Bonchev–Trinajstić information content (AvgIpc) is 3.34. The van der Waals surface area contributed by atoms with Crippen molar-refractivity contribution in [2.24, 2.45) is 0 Å². The van der Waals surface area contributed by atoms with E-state index in [9.17, 15) is 9.59 Å². The molecule has 0 bridgehead atoms. The summed E-state index contributed by atoms with van der Waals surface area (Å²) in [5, 5.41) is 9.22. The molecule has 1 aliphatic heterocycles. The molecule has 0 saturated carbocycles. The Kier molecular flexibility index (Phi) is 7.07. The number of aromatic nitrogens is 1. The number of nitrogens with one attached hydrogen (secondary N) is 2. The summed E-state index contributed by atoms with van der Waals surface area (Å²) in [5.41, 5.74) is 0.546. The van der Waals surface area contributed by atoms with Gasteiger partial charge in [-0.1, -0.05) is 17.3 Å². The maximum atomic E-state index is 12.9. The summed E-state index contributed by atoms with van der Waals surface area (Å²) in [6.07, 6.45) is 1.70. The van der Waals surface area contributed by atoms with Gasteiger partial charge in [-0.3, -0.25) is 4.79 Å². The zero-order chi connectivity index (χ0) is 20.6. The Morgan fingerprint density at radius 2 is 2.14 bits per heavy atom. The number of hydrogen-bond acceptors (Lipinski definition) is 6. The average molecular weight is 402 g/mol. The number of benzene rings is 1. The Morgan fingerprint density at radius 1 is 1.31 bits per heavy atom. The summed E-state index contributed by atoms with van der Waals surface area (Å²) in [6.45, 7) is 4.92. The Morgan fingerprint density at radius 3 is 2.83 bits per heavy atom. The van der Waals surface area contributed by atoms with Gasteiger partial charge in [-0.05, 0) is 38.8 Å². The Balaban J connectivity index is 1.68. The first kappa shape index (κ1) is 20.7. The Bertz CT molecular complexity index is 832. The van der Waals surface area contributed by atoms with Gasteiger partial charge in [0.05, 0.1) is 18.4 Å². The zero-order valence-corrected chi connectivity index (χ0v) is 16.6. The van der Waals surface area contributed by atoms with Crippen molar-refractivity contribution < 1.29 is 23.6 Å². The second-order valence-electron chi connectivity index (χ2n) is 6.75. The van der Waals surface area contributed by atoms with E-state index in [-0.39, 0.29) is 18.6 Å². The van der Waals surface area contributed by atoms with Crippen molar-refractivity contribution in [3.8, 4) is 5.75 Å². The fourth-order valence-corrected chi connectivity index (χ4v) is 3.08. The molecule has 2 N–H and O–H groups in total. The normalized spacial score (nSPS) is 15.7. The molecule has 1 atom stereocenters. The molecule has 2 aromatic rings. The summed E-state index contributed by atoms with van der Waals surface area (Å²) in [6, 6.07) is 8.38. The number of aryl methyl sites for hydroxylation is 1. The molecule has 2 heterocycles. The van der Waals surface area contributed by atoms with Gasteiger partial charge in [-0.2, -0.15) is 0 Å². The van der Waals surface area contributed by atoms with Crippen molar-refractivity contribution in [1.29, 1.82) is 0 Å². The zero-order valence-electron chi connectivity index (χ0n) is 16.6. The summed E-state index contributed by atoms with van der Waals surface area (Å²) in [4.78, 5) is 26.8. The van der Waals surface area contributed by atoms with Crippen LogP contribution in [0.15, 0.2) is 34.9 Å². The van der Waals surface area contributed by atoms with E-state index in [0.29, 0.717) is 42.8 Å². The summed E-state index contributed by atoms with van der Waals surface area (Å²) in [7, 11) is 0. The molecule has 3 rings (SSSR count). The van der Waals surface area contributed by atoms with Crippen molar-refractivity contribution in [1.82, 2.24) is 10.1 Å². The van der Waals surface area contributed by atoms with E-state index in [1.165, 1.54) is 4.90 Å². The van der Waals surface area contributed by atoms with Crippen LogP contribution in [0.5, 0.6) is 5.75 Å². The van der Waals surface area contributed by atoms with E-state index in [0.717, 1.165) is 12.8 Å². The van der Waals surface area contributed by atoms with Crippen LogP contribution >= 0.6 is 0 Å². The highest BCUT2D eigenvalue weighted by atomic mass is 16.5. The lowest BCUT2D eigenvalue weighted by Crippen LogP contribution is -2.44. The second kappa shape index (κ2) is 9.92. The quantitative estimate of drug-likeness (QED) is 0.703. The maximum Gasteiger partial charge on any atom is 0.322 e. The number of ether oxygens (including phenoxy) is 2. The third kappa shape index (κ3) is 5.95. The number of carbonyl (C=O) groups excluding carboxylic acids is 2. The van der Waals surface area contributed by atoms with Crippen LogP contribution in [0.3, 0.4) is 0 Å². The van der Waals surface area contributed by atoms with Gasteiger partial charge in [0.2, 0.25) is 5.91 Å². The molecule has 1 saturated heterocycles. The third-order valence-electron chi connectivity index (χ3n) is 4.39. The van der Waals surface area contributed by atoms with Gasteiger partial charge in [0.25, 0.3) is 0 Å². The molecule has 1 fully saturated rings. The summed E-state index contributed by atoms with van der Waals surface area (Å²) >= 11 is 0. The van der Waals surface area contributed by atoms with Crippen LogP contribution < -0.4 is 15.4 Å². The highest BCUT2D eigenvalue weighted by molar-refractivity contribution is 5.97. The van der Waals surface area contributed by atoms with Crippen molar-refractivity contribution in [3.05, 3.63) is 36.1 Å². The predicted molar refractivity (Wildman–Crippen MR) is 107 cm³/mol. The third-order valence-corrected chi connectivity index (χ3v) is 4.39. The molecule has 0 aliphatic carbocycles. The molecule has 9 heteroatoms. The van der Waals surface area contributed by atoms with E-state index in [2.05, 4.69) is 15.8 Å². The first-order valence-electron chi connectivity index (χ1n) is 9.67. The first-order chi connectivity index (χ1) is 14.0. The van der Waals surface area contributed by atoms with Crippen molar-refractivity contribution in [2.45, 2.75) is 32.8 Å². The van der Waals surface area contributed by atoms with Gasteiger partial charge in [-0.25, -0.2) is 4.79 Å². The van der Waals surface area contributed by atoms with Crippen LogP contribution in [0.4, 0.5) is 16.3 Å². The number of anilines is 2. The lowest BCUT2D eigenvalue weighted by Gasteiger charge is -2.25. The Labute approximate surface area is 169 Å². The summed E-state index contributed by atoms with van der Waals surface area (Å²) in [5.74, 6) is 1.10. The maximum absolute atomic E-state index is 12.9. The van der Waals surface area contributed by atoms with Gasteiger partial charge in [0.15, 0.2) is 5.82 Å². The number of urea groups is 1. The SMILES string of the molecule is CCOc1ccccc1NC(=O)N(CC(=O)Nc1cc(C)on1)CC1CCCO1. The molecule has 0 radical (unpaired) electrons. The summed E-state index contributed by atoms with van der Waals surface area (Å²) < 4.78 is 16.2. The highest BCUT2D eigenvalue weighted by Gasteiger charge is 2.25. The minimum Gasteiger partial charge on any atom is -0.492 e. The van der Waals surface area contributed by atoms with Crippen LogP contribution in [-0.4, -0.2) is 54.4 Å². The van der Waals surface area contributed by atoms with E-state index < -0.39 is 6.03 Å². The number of carbonyl (C=O) groups is 2. The van der Waals surface area contributed by atoms with Crippen molar-refractivity contribution in [2.75, 3.05) is 36.9 Å². The molecule has 9 nitrogen and oxygen atoms in total. The first-order valence-corrected chi connectivity index (χ1v) is 9.67. The van der Waals surface area contributed by atoms with Gasteiger partial charge < -0.3 is 29.5 Å². The minimum absolute atomic E-state index is 0.0926. The largest absolute Gasteiger partial charge is 0.492 e. The molecule has 1 aromatic carbocycles. The van der Waals surface area contributed by atoms with Crippen LogP contribution in [0.1, 0.15) is 25.5 Å². The van der Waals surface area contributed by atoms with Gasteiger partial charge in [0.1, 0.15) is 18.1 Å². The van der Waals surface area contributed by atoms with Crippen LogP contribution in [0.2, 0.25) is 0 Å². The van der Waals surface area contributed by atoms with E-state index in [4.69, 9.17) is 14.0 Å². The van der Waals surface area contributed by atoms with Gasteiger partial charge >= 0.3 is 6.03 Å².